The van der Waals surface area contributed by atoms with Gasteiger partial charge in [0.25, 0.3) is 0 Å². The summed E-state index contributed by atoms with van der Waals surface area (Å²) in [5, 5.41) is 8.90. The summed E-state index contributed by atoms with van der Waals surface area (Å²) < 4.78 is 0. The minimum atomic E-state index is 0.370. The molecule has 0 spiro atoms. The molecule has 15 heavy (non-hydrogen) atoms. The molecular weight excluding hydrogens is 186 g/mol. The molecule has 2 rings (SSSR count). The molecule has 1 saturated heterocycles. The summed E-state index contributed by atoms with van der Waals surface area (Å²) in [7, 11) is 0. The van der Waals surface area contributed by atoms with Crippen molar-refractivity contribution < 1.29 is 5.11 Å². The van der Waals surface area contributed by atoms with Gasteiger partial charge in [0.1, 0.15) is 0 Å². The van der Waals surface area contributed by atoms with Crippen LogP contribution in [0.5, 0.6) is 0 Å². The van der Waals surface area contributed by atoms with Gasteiger partial charge in [-0.15, -0.1) is 0 Å². The van der Waals surface area contributed by atoms with Crippen LogP contribution in [-0.4, -0.2) is 35.2 Å². The van der Waals surface area contributed by atoms with E-state index in [9.17, 15) is 0 Å². The van der Waals surface area contributed by atoms with Crippen molar-refractivity contribution in [2.75, 3.05) is 13.2 Å². The third kappa shape index (κ3) is 2.94. The Bertz CT molecular complexity index is 177. The highest BCUT2D eigenvalue weighted by molar-refractivity contribution is 4.86. The summed E-state index contributed by atoms with van der Waals surface area (Å²) in [6, 6.07) is 1.67. The fourth-order valence-corrected chi connectivity index (χ4v) is 3.39. The van der Waals surface area contributed by atoms with Crippen LogP contribution in [0.1, 0.15) is 57.8 Å². The summed E-state index contributed by atoms with van der Waals surface area (Å²) in [4.78, 5) is 2.76. The van der Waals surface area contributed by atoms with Gasteiger partial charge in [0.15, 0.2) is 0 Å². The van der Waals surface area contributed by atoms with Crippen molar-refractivity contribution in [2.45, 2.75) is 69.9 Å². The molecule has 0 bridgehead atoms. The topological polar surface area (TPSA) is 23.5 Å². The number of likely N-dealkylation sites (tertiary alicyclic amines) is 1. The van der Waals surface area contributed by atoms with E-state index in [4.69, 9.17) is 5.11 Å². The third-order valence-electron chi connectivity index (χ3n) is 4.16. The quantitative estimate of drug-likeness (QED) is 0.772. The van der Waals surface area contributed by atoms with E-state index in [1.807, 2.05) is 0 Å². The predicted octanol–water partition coefficient (Wildman–Crippen LogP) is 2.56. The number of aliphatic hydroxyl groups is 1. The fraction of sp³-hybridized carbons (Fsp3) is 1.00. The van der Waals surface area contributed by atoms with Gasteiger partial charge in [-0.25, -0.2) is 0 Å². The molecule has 0 aromatic rings. The highest BCUT2D eigenvalue weighted by Gasteiger charge is 2.30. The minimum Gasteiger partial charge on any atom is -0.396 e. The Morgan fingerprint density at radius 1 is 1.00 bits per heavy atom. The maximum atomic E-state index is 8.90. The van der Waals surface area contributed by atoms with Crippen LogP contribution in [-0.2, 0) is 0 Å². The molecule has 0 aromatic carbocycles. The Hall–Kier alpha value is -0.0800. The van der Waals surface area contributed by atoms with Gasteiger partial charge in [-0.2, -0.15) is 0 Å². The van der Waals surface area contributed by atoms with Gasteiger partial charge in [-0.05, 0) is 45.1 Å². The highest BCUT2D eigenvalue weighted by Crippen LogP contribution is 2.30. The summed E-state index contributed by atoms with van der Waals surface area (Å²) >= 11 is 0. The van der Waals surface area contributed by atoms with Gasteiger partial charge in [-0.1, -0.05) is 19.3 Å². The van der Waals surface area contributed by atoms with E-state index in [1.165, 1.54) is 57.9 Å². The smallest absolute Gasteiger partial charge is 0.0431 e. The lowest BCUT2D eigenvalue weighted by Gasteiger charge is -2.35. The largest absolute Gasteiger partial charge is 0.396 e. The standard InChI is InChI=1S/C13H25NO/c15-11-5-9-13-8-4-10-14(13)12-6-2-1-3-7-12/h12-13,15H,1-11H2. The summed E-state index contributed by atoms with van der Waals surface area (Å²) in [5.41, 5.74) is 0. The van der Waals surface area contributed by atoms with Crippen LogP contribution in [0, 0.1) is 0 Å². The first-order valence-corrected chi connectivity index (χ1v) is 6.78. The SMILES string of the molecule is OCCCC1CCCN1C1CCCCC1. The van der Waals surface area contributed by atoms with Crippen molar-refractivity contribution in [1.29, 1.82) is 0 Å². The zero-order chi connectivity index (χ0) is 10.5. The Morgan fingerprint density at radius 3 is 2.53 bits per heavy atom. The van der Waals surface area contributed by atoms with Crippen molar-refractivity contribution in [2.24, 2.45) is 0 Å². The van der Waals surface area contributed by atoms with E-state index >= 15 is 0 Å². The van der Waals surface area contributed by atoms with Crippen LogP contribution in [0.3, 0.4) is 0 Å². The molecule has 1 aliphatic carbocycles. The first-order chi connectivity index (χ1) is 7.42. The number of hydrogen-bond donors (Lipinski definition) is 1. The number of aliphatic hydroxyl groups excluding tert-OH is 1. The van der Waals surface area contributed by atoms with Gasteiger partial charge in [0.2, 0.25) is 0 Å². The minimum absolute atomic E-state index is 0.370. The molecule has 1 aliphatic heterocycles. The number of rotatable bonds is 4. The van der Waals surface area contributed by atoms with Crippen LogP contribution in [0.15, 0.2) is 0 Å². The van der Waals surface area contributed by atoms with E-state index in [0.717, 1.165) is 18.5 Å². The van der Waals surface area contributed by atoms with Crippen LogP contribution >= 0.6 is 0 Å². The third-order valence-corrected chi connectivity index (χ3v) is 4.16. The lowest BCUT2D eigenvalue weighted by Crippen LogP contribution is -2.40. The van der Waals surface area contributed by atoms with Crippen LogP contribution in [0.4, 0.5) is 0 Å². The second-order valence-corrected chi connectivity index (χ2v) is 5.19. The van der Waals surface area contributed by atoms with E-state index in [0.29, 0.717) is 6.61 Å². The molecule has 1 unspecified atom stereocenters. The summed E-state index contributed by atoms with van der Waals surface area (Å²) in [6.45, 7) is 1.69. The van der Waals surface area contributed by atoms with Gasteiger partial charge in [0, 0.05) is 18.7 Å². The van der Waals surface area contributed by atoms with E-state index < -0.39 is 0 Å². The zero-order valence-electron chi connectivity index (χ0n) is 9.83. The lowest BCUT2D eigenvalue weighted by molar-refractivity contribution is 0.130. The monoisotopic (exact) mass is 211 g/mol. The molecule has 2 aliphatic rings. The van der Waals surface area contributed by atoms with Gasteiger partial charge >= 0.3 is 0 Å². The Labute approximate surface area is 93.7 Å². The maximum Gasteiger partial charge on any atom is 0.0431 e. The average molecular weight is 211 g/mol. The molecule has 88 valence electrons. The molecule has 1 N–H and O–H groups in total. The van der Waals surface area contributed by atoms with Crippen LogP contribution < -0.4 is 0 Å². The Morgan fingerprint density at radius 2 is 1.80 bits per heavy atom. The van der Waals surface area contributed by atoms with Gasteiger partial charge in [-0.3, -0.25) is 4.90 Å². The molecule has 1 saturated carbocycles. The number of hydrogen-bond acceptors (Lipinski definition) is 2. The van der Waals surface area contributed by atoms with Crippen LogP contribution in [0.2, 0.25) is 0 Å². The van der Waals surface area contributed by atoms with E-state index in [1.54, 1.807) is 0 Å². The molecule has 2 fully saturated rings. The summed E-state index contributed by atoms with van der Waals surface area (Å²) in [5.74, 6) is 0. The number of nitrogens with zero attached hydrogens (tertiary/aromatic N) is 1. The summed E-state index contributed by atoms with van der Waals surface area (Å²) in [6.07, 6.45) is 12.1. The predicted molar refractivity (Wildman–Crippen MR) is 62.9 cm³/mol. The molecule has 0 amide bonds. The van der Waals surface area contributed by atoms with Crippen molar-refractivity contribution in [3.8, 4) is 0 Å². The van der Waals surface area contributed by atoms with Crippen molar-refractivity contribution in [3.05, 3.63) is 0 Å². The molecule has 1 atom stereocenters. The molecule has 0 radical (unpaired) electrons. The van der Waals surface area contributed by atoms with E-state index in [-0.39, 0.29) is 0 Å². The average Bonchev–Trinajstić information content (AvgIpc) is 2.75. The van der Waals surface area contributed by atoms with E-state index in [2.05, 4.69) is 4.90 Å². The molecule has 1 heterocycles. The highest BCUT2D eigenvalue weighted by atomic mass is 16.2. The van der Waals surface area contributed by atoms with Crippen molar-refractivity contribution >= 4 is 0 Å². The van der Waals surface area contributed by atoms with Gasteiger partial charge < -0.3 is 5.11 Å². The lowest BCUT2D eigenvalue weighted by atomic mass is 9.93. The molecule has 0 aromatic heterocycles. The maximum absolute atomic E-state index is 8.90. The first kappa shape index (κ1) is 11.4. The van der Waals surface area contributed by atoms with Gasteiger partial charge in [0.05, 0.1) is 0 Å². The molecular formula is C13H25NO. The van der Waals surface area contributed by atoms with Crippen molar-refractivity contribution in [3.63, 3.8) is 0 Å². The fourth-order valence-electron chi connectivity index (χ4n) is 3.39. The second-order valence-electron chi connectivity index (χ2n) is 5.19. The Kier molecular flexibility index (Phi) is 4.45. The normalized spacial score (nSPS) is 29.8. The van der Waals surface area contributed by atoms with Crippen molar-refractivity contribution in [1.82, 2.24) is 4.90 Å². The first-order valence-electron chi connectivity index (χ1n) is 6.78. The zero-order valence-corrected chi connectivity index (χ0v) is 9.83. The molecule has 2 heteroatoms. The Balaban J connectivity index is 1.82. The molecule has 2 nitrogen and oxygen atoms in total. The van der Waals surface area contributed by atoms with Crippen LogP contribution in [0.25, 0.3) is 0 Å². The second kappa shape index (κ2) is 5.86.